The van der Waals surface area contributed by atoms with Gasteiger partial charge < -0.3 is 19.5 Å². The lowest BCUT2D eigenvalue weighted by molar-refractivity contribution is -0.142. The van der Waals surface area contributed by atoms with Crippen molar-refractivity contribution < 1.29 is 24.2 Å². The van der Waals surface area contributed by atoms with Crippen molar-refractivity contribution in [1.82, 2.24) is 4.90 Å². The van der Waals surface area contributed by atoms with Crippen molar-refractivity contribution in [3.63, 3.8) is 0 Å². The molecular formula is C19H21NO5. The predicted molar refractivity (Wildman–Crippen MR) is 92.6 cm³/mol. The number of carbonyl (C=O) groups excluding carboxylic acids is 1. The molecular weight excluding hydrogens is 322 g/mol. The first-order valence-electron chi connectivity index (χ1n) is 8.14. The maximum Gasteiger partial charge on any atom is 0.309 e. The number of hydrogen-bond donors (Lipinski definition) is 1. The summed E-state index contributed by atoms with van der Waals surface area (Å²) in [5.74, 6) is -1.08. The molecule has 0 unspecified atom stereocenters. The van der Waals surface area contributed by atoms with Crippen LogP contribution in [0.4, 0.5) is 0 Å². The third kappa shape index (κ3) is 3.30. The topological polar surface area (TPSA) is 76.1 Å². The van der Waals surface area contributed by atoms with E-state index in [0.717, 1.165) is 22.1 Å². The molecule has 1 amide bonds. The molecule has 1 heterocycles. The van der Waals surface area contributed by atoms with Crippen LogP contribution in [0.3, 0.4) is 0 Å². The van der Waals surface area contributed by atoms with E-state index >= 15 is 0 Å². The zero-order chi connectivity index (χ0) is 18.0. The number of benzene rings is 2. The number of carboxylic acids is 1. The smallest absolute Gasteiger partial charge is 0.309 e. The molecule has 2 aromatic carbocycles. The molecule has 0 aromatic heterocycles. The van der Waals surface area contributed by atoms with Crippen LogP contribution in [0.5, 0.6) is 5.75 Å². The number of hydrogen-bond acceptors (Lipinski definition) is 4. The summed E-state index contributed by atoms with van der Waals surface area (Å²) in [4.78, 5) is 25.6. The van der Waals surface area contributed by atoms with Crippen LogP contribution in [-0.2, 0) is 14.3 Å². The Kier molecular flexibility index (Phi) is 4.90. The molecule has 0 spiro atoms. The van der Waals surface area contributed by atoms with Crippen molar-refractivity contribution in [2.75, 3.05) is 27.4 Å². The van der Waals surface area contributed by atoms with Crippen LogP contribution in [-0.4, -0.2) is 49.3 Å². The highest BCUT2D eigenvalue weighted by Gasteiger charge is 2.44. The van der Waals surface area contributed by atoms with Crippen LogP contribution in [0.2, 0.25) is 0 Å². The van der Waals surface area contributed by atoms with E-state index in [1.54, 1.807) is 19.1 Å². The molecule has 0 radical (unpaired) electrons. The third-order valence-corrected chi connectivity index (χ3v) is 4.70. The zero-order valence-corrected chi connectivity index (χ0v) is 14.3. The van der Waals surface area contributed by atoms with Gasteiger partial charge in [-0.25, -0.2) is 0 Å². The van der Waals surface area contributed by atoms with Gasteiger partial charge in [0.1, 0.15) is 5.75 Å². The third-order valence-electron chi connectivity index (χ3n) is 4.70. The van der Waals surface area contributed by atoms with Crippen molar-refractivity contribution in [3.05, 3.63) is 42.0 Å². The number of fused-ring (bicyclic) bond motifs is 1. The maximum absolute atomic E-state index is 12.3. The number of carbonyl (C=O) groups is 2. The molecule has 2 atom stereocenters. The van der Waals surface area contributed by atoms with E-state index in [4.69, 9.17) is 9.47 Å². The summed E-state index contributed by atoms with van der Waals surface area (Å²) < 4.78 is 10.3. The molecule has 0 saturated carbocycles. The summed E-state index contributed by atoms with van der Waals surface area (Å²) in [6, 6.07) is 11.0. The number of likely N-dealkylation sites (tertiary alicyclic amines) is 1. The van der Waals surface area contributed by atoms with Gasteiger partial charge in [0.2, 0.25) is 5.91 Å². The number of rotatable bonds is 6. The summed E-state index contributed by atoms with van der Waals surface area (Å²) in [7, 11) is 3.18. The number of aliphatic carboxylic acids is 1. The molecule has 3 rings (SSSR count). The Morgan fingerprint density at radius 1 is 1.20 bits per heavy atom. The molecule has 132 valence electrons. The van der Waals surface area contributed by atoms with Crippen LogP contribution >= 0.6 is 0 Å². The minimum atomic E-state index is -0.951. The van der Waals surface area contributed by atoms with E-state index in [1.807, 2.05) is 36.4 Å². The average Bonchev–Trinajstić information content (AvgIpc) is 2.95. The Morgan fingerprint density at radius 2 is 1.92 bits per heavy atom. The standard InChI is InChI=1S/C19H21NO5/c1-24-8-7-20-17(21)11-16(19(22)23)18(20)14-4-3-13-10-15(25-2)6-5-12(13)9-14/h3-6,9-10,16,18H,7-8,11H2,1-2H3,(H,22,23)/t16-,18-/m0/s1. The van der Waals surface area contributed by atoms with Gasteiger partial charge in [-0.15, -0.1) is 0 Å². The van der Waals surface area contributed by atoms with Gasteiger partial charge in [0, 0.05) is 20.1 Å². The maximum atomic E-state index is 12.3. The minimum Gasteiger partial charge on any atom is -0.497 e. The monoisotopic (exact) mass is 343 g/mol. The van der Waals surface area contributed by atoms with E-state index in [9.17, 15) is 14.7 Å². The second-order valence-electron chi connectivity index (χ2n) is 6.15. The summed E-state index contributed by atoms with van der Waals surface area (Å²) in [6.45, 7) is 0.754. The van der Waals surface area contributed by atoms with Crippen LogP contribution in [0, 0.1) is 5.92 Å². The Labute approximate surface area is 145 Å². The first kappa shape index (κ1) is 17.2. The Bertz CT molecular complexity index is 804. The van der Waals surface area contributed by atoms with Crippen LogP contribution < -0.4 is 4.74 Å². The molecule has 2 aromatic rings. The SMILES string of the molecule is COCCN1C(=O)C[C@H](C(=O)O)[C@@H]1c1ccc2cc(OC)ccc2c1. The predicted octanol–water partition coefficient (Wildman–Crippen LogP) is 2.47. The molecule has 0 bridgehead atoms. The van der Waals surface area contributed by atoms with Gasteiger partial charge in [0.15, 0.2) is 0 Å². The largest absolute Gasteiger partial charge is 0.497 e. The number of carboxylic acid groups (broad SMARTS) is 1. The van der Waals surface area contributed by atoms with E-state index < -0.39 is 17.9 Å². The fraction of sp³-hybridized carbons (Fsp3) is 0.368. The molecule has 1 aliphatic rings. The number of methoxy groups -OCH3 is 2. The van der Waals surface area contributed by atoms with Crippen molar-refractivity contribution in [3.8, 4) is 5.75 Å². The van der Waals surface area contributed by atoms with E-state index in [0.29, 0.717) is 13.2 Å². The highest BCUT2D eigenvalue weighted by Crippen LogP contribution is 2.39. The highest BCUT2D eigenvalue weighted by molar-refractivity contribution is 5.89. The van der Waals surface area contributed by atoms with Gasteiger partial charge in [-0.05, 0) is 34.5 Å². The summed E-state index contributed by atoms with van der Waals surface area (Å²) in [5.41, 5.74) is 0.826. The molecule has 6 heteroatoms. The normalized spacial score (nSPS) is 20.2. The van der Waals surface area contributed by atoms with Gasteiger partial charge in [-0.3, -0.25) is 9.59 Å². The van der Waals surface area contributed by atoms with Crippen molar-refractivity contribution in [2.24, 2.45) is 5.92 Å². The number of ether oxygens (including phenoxy) is 2. The number of amides is 1. The molecule has 1 aliphatic heterocycles. The van der Waals surface area contributed by atoms with Crippen molar-refractivity contribution in [2.45, 2.75) is 12.5 Å². The quantitative estimate of drug-likeness (QED) is 0.872. The van der Waals surface area contributed by atoms with E-state index in [2.05, 4.69) is 0 Å². The van der Waals surface area contributed by atoms with Gasteiger partial charge in [0.25, 0.3) is 0 Å². The van der Waals surface area contributed by atoms with Crippen molar-refractivity contribution in [1.29, 1.82) is 0 Å². The summed E-state index contributed by atoms with van der Waals surface area (Å²) in [6.07, 6.45) is 0.0182. The minimum absolute atomic E-state index is 0.0182. The van der Waals surface area contributed by atoms with Gasteiger partial charge in [-0.1, -0.05) is 18.2 Å². The molecule has 0 aliphatic carbocycles. The van der Waals surface area contributed by atoms with Gasteiger partial charge >= 0.3 is 5.97 Å². The van der Waals surface area contributed by atoms with Gasteiger partial charge in [-0.2, -0.15) is 0 Å². The Balaban J connectivity index is 2.01. The highest BCUT2D eigenvalue weighted by atomic mass is 16.5. The van der Waals surface area contributed by atoms with Crippen LogP contribution in [0.25, 0.3) is 10.8 Å². The lowest BCUT2D eigenvalue weighted by Gasteiger charge is -2.27. The van der Waals surface area contributed by atoms with Crippen LogP contribution in [0.1, 0.15) is 18.0 Å². The van der Waals surface area contributed by atoms with Crippen LogP contribution in [0.15, 0.2) is 36.4 Å². The fourth-order valence-electron chi connectivity index (χ4n) is 3.43. The lowest BCUT2D eigenvalue weighted by atomic mass is 9.92. The second kappa shape index (κ2) is 7.11. The van der Waals surface area contributed by atoms with E-state index in [1.165, 1.54) is 0 Å². The molecule has 1 fully saturated rings. The first-order chi connectivity index (χ1) is 12.0. The second-order valence-corrected chi connectivity index (χ2v) is 6.15. The summed E-state index contributed by atoms with van der Waals surface area (Å²) >= 11 is 0. The molecule has 1 N–H and O–H groups in total. The molecule has 6 nitrogen and oxygen atoms in total. The number of nitrogens with zero attached hydrogens (tertiary/aromatic N) is 1. The van der Waals surface area contributed by atoms with Crippen molar-refractivity contribution >= 4 is 22.6 Å². The average molecular weight is 343 g/mol. The summed E-state index contributed by atoms with van der Waals surface area (Å²) in [5, 5.41) is 11.5. The molecule has 1 saturated heterocycles. The fourth-order valence-corrected chi connectivity index (χ4v) is 3.43. The van der Waals surface area contributed by atoms with E-state index in [-0.39, 0.29) is 12.3 Å². The van der Waals surface area contributed by atoms with Gasteiger partial charge in [0.05, 0.1) is 25.7 Å². The Hall–Kier alpha value is -2.60. The molecule has 25 heavy (non-hydrogen) atoms. The first-order valence-corrected chi connectivity index (χ1v) is 8.14. The zero-order valence-electron chi connectivity index (χ0n) is 14.3. The lowest BCUT2D eigenvalue weighted by Crippen LogP contribution is -2.33. The Morgan fingerprint density at radius 3 is 2.60 bits per heavy atom.